The number of nitrogens with one attached hydrogen (secondary N) is 1. The fourth-order valence-electron chi connectivity index (χ4n) is 6.14. The monoisotopic (exact) mass is 528 g/mol. The summed E-state index contributed by atoms with van der Waals surface area (Å²) in [6.07, 6.45) is 1.01. The minimum atomic E-state index is -0.913. The molecule has 0 saturated carbocycles. The maximum Gasteiger partial charge on any atom is 0.407 e. The number of benzene rings is 3. The number of hydrogen-bond acceptors (Lipinski definition) is 4. The molecule has 3 unspecified atom stereocenters. The lowest BCUT2D eigenvalue weighted by Crippen LogP contribution is -2.56. The number of aromatic nitrogens is 2. The molecule has 1 aliphatic heterocycles. The molecule has 1 amide bonds. The van der Waals surface area contributed by atoms with Crippen LogP contribution >= 0.6 is 0 Å². The van der Waals surface area contributed by atoms with Gasteiger partial charge < -0.3 is 19.7 Å². The highest BCUT2D eigenvalue weighted by atomic mass is 16.5. The molecule has 0 spiro atoms. The maximum absolute atomic E-state index is 13.0. The van der Waals surface area contributed by atoms with E-state index in [-0.39, 0.29) is 23.8 Å². The Hall–Kier alpha value is -4.04. The van der Waals surface area contributed by atoms with Gasteiger partial charge >= 0.3 is 11.8 Å². The first-order valence-corrected chi connectivity index (χ1v) is 13.6. The van der Waals surface area contributed by atoms with Crippen LogP contribution in [0.3, 0.4) is 0 Å². The number of aromatic amines is 1. The van der Waals surface area contributed by atoms with Crippen LogP contribution in [0, 0.1) is 0 Å². The third-order valence-corrected chi connectivity index (χ3v) is 7.93. The van der Waals surface area contributed by atoms with Crippen LogP contribution in [-0.4, -0.2) is 56.3 Å². The van der Waals surface area contributed by atoms with Crippen molar-refractivity contribution in [3.8, 4) is 5.75 Å². The van der Waals surface area contributed by atoms with Crippen molar-refractivity contribution in [1.82, 2.24) is 19.4 Å². The lowest BCUT2D eigenvalue weighted by molar-refractivity contribution is 0.0293. The number of carboxylic acid groups (broad SMARTS) is 1. The number of methoxy groups -OCH3 is 1. The first-order chi connectivity index (χ1) is 19.0. The van der Waals surface area contributed by atoms with Crippen LogP contribution in [0.25, 0.3) is 11.0 Å². The van der Waals surface area contributed by atoms with E-state index in [9.17, 15) is 14.7 Å². The van der Waals surface area contributed by atoms with Crippen LogP contribution in [0.2, 0.25) is 0 Å². The number of piperidine rings is 1. The number of hydrogen-bond donors (Lipinski definition) is 2. The molecule has 8 heteroatoms. The molecule has 0 aliphatic carbocycles. The van der Waals surface area contributed by atoms with Gasteiger partial charge in [-0.05, 0) is 54.7 Å². The summed E-state index contributed by atoms with van der Waals surface area (Å²) < 4.78 is 7.30. The third kappa shape index (κ3) is 5.71. The van der Waals surface area contributed by atoms with Gasteiger partial charge in [0.05, 0.1) is 24.2 Å². The number of imidazole rings is 1. The number of amides is 1. The summed E-state index contributed by atoms with van der Waals surface area (Å²) >= 11 is 0. The van der Waals surface area contributed by atoms with E-state index in [2.05, 4.69) is 35.0 Å². The van der Waals surface area contributed by atoms with Crippen molar-refractivity contribution >= 4 is 17.1 Å². The molecule has 204 valence electrons. The standard InChI is InChI=1S/C31H36N4O4/c1-3-27(33(20-22-10-5-4-6-11-22)21-23-12-9-13-25(18-23)39-2)29-19-24(16-17-34(29)31(37)38)35-28-15-8-7-14-26(28)32-30(35)36/h4-15,18,24,27,29H,3,16-17,19-21H2,1-2H3,(H,32,36)(H,37,38). The highest BCUT2D eigenvalue weighted by Gasteiger charge is 2.39. The van der Waals surface area contributed by atoms with Gasteiger partial charge in [-0.15, -0.1) is 0 Å². The Morgan fingerprint density at radius 1 is 1.05 bits per heavy atom. The van der Waals surface area contributed by atoms with Crippen LogP contribution in [-0.2, 0) is 13.1 Å². The van der Waals surface area contributed by atoms with Gasteiger partial charge in [0.15, 0.2) is 0 Å². The predicted octanol–water partition coefficient (Wildman–Crippen LogP) is 5.50. The summed E-state index contributed by atoms with van der Waals surface area (Å²) in [4.78, 5) is 32.5. The normalized spacial score (nSPS) is 18.4. The third-order valence-electron chi connectivity index (χ3n) is 7.93. The molecule has 3 aromatic carbocycles. The Labute approximate surface area is 228 Å². The summed E-state index contributed by atoms with van der Waals surface area (Å²) in [5.41, 5.74) is 3.79. The van der Waals surface area contributed by atoms with E-state index in [0.717, 1.165) is 28.8 Å². The zero-order valence-electron chi connectivity index (χ0n) is 22.5. The Morgan fingerprint density at radius 3 is 2.51 bits per heavy atom. The molecule has 1 aromatic heterocycles. The zero-order chi connectivity index (χ0) is 27.4. The van der Waals surface area contributed by atoms with Crippen LogP contribution in [0.1, 0.15) is 43.4 Å². The van der Waals surface area contributed by atoms with Crippen molar-refractivity contribution in [2.24, 2.45) is 0 Å². The number of para-hydroxylation sites is 2. The van der Waals surface area contributed by atoms with E-state index in [0.29, 0.717) is 32.5 Å². The van der Waals surface area contributed by atoms with Gasteiger partial charge in [-0.1, -0.05) is 61.5 Å². The van der Waals surface area contributed by atoms with Gasteiger partial charge in [0.25, 0.3) is 0 Å². The predicted molar refractivity (Wildman–Crippen MR) is 152 cm³/mol. The number of ether oxygens (including phenoxy) is 1. The van der Waals surface area contributed by atoms with Gasteiger partial charge in [-0.3, -0.25) is 9.47 Å². The van der Waals surface area contributed by atoms with E-state index < -0.39 is 6.09 Å². The number of fused-ring (bicyclic) bond motifs is 1. The first-order valence-electron chi connectivity index (χ1n) is 13.6. The molecule has 39 heavy (non-hydrogen) atoms. The minimum absolute atomic E-state index is 0.0591. The SMILES string of the molecule is CCC(C1CC(n2c(=O)[nH]c3ccccc32)CCN1C(=O)O)N(Cc1ccccc1)Cc1cccc(OC)c1. The lowest BCUT2D eigenvalue weighted by Gasteiger charge is -2.46. The van der Waals surface area contributed by atoms with Crippen molar-refractivity contribution in [3.63, 3.8) is 0 Å². The fourth-order valence-corrected chi connectivity index (χ4v) is 6.14. The van der Waals surface area contributed by atoms with Crippen molar-refractivity contribution in [3.05, 3.63) is 100 Å². The molecular weight excluding hydrogens is 492 g/mol. The summed E-state index contributed by atoms with van der Waals surface area (Å²) in [6.45, 7) is 3.83. The van der Waals surface area contributed by atoms with Gasteiger partial charge in [0.2, 0.25) is 0 Å². The molecule has 1 aliphatic rings. The number of likely N-dealkylation sites (tertiary alicyclic amines) is 1. The van der Waals surface area contributed by atoms with Crippen LogP contribution < -0.4 is 10.4 Å². The van der Waals surface area contributed by atoms with Crippen LogP contribution in [0.15, 0.2) is 83.7 Å². The summed E-state index contributed by atoms with van der Waals surface area (Å²) in [7, 11) is 1.66. The Balaban J connectivity index is 1.51. The topological polar surface area (TPSA) is 90.8 Å². The molecule has 0 radical (unpaired) electrons. The van der Waals surface area contributed by atoms with Crippen molar-refractivity contribution in [1.29, 1.82) is 0 Å². The average molecular weight is 529 g/mol. The Morgan fingerprint density at radius 2 is 1.77 bits per heavy atom. The molecule has 3 atom stereocenters. The number of nitrogens with zero attached hydrogens (tertiary/aromatic N) is 3. The zero-order valence-corrected chi connectivity index (χ0v) is 22.5. The smallest absolute Gasteiger partial charge is 0.407 e. The molecule has 4 aromatic rings. The van der Waals surface area contributed by atoms with E-state index in [1.165, 1.54) is 5.56 Å². The average Bonchev–Trinajstić information content (AvgIpc) is 3.29. The Bertz CT molecular complexity index is 1460. The van der Waals surface area contributed by atoms with E-state index in [1.54, 1.807) is 12.0 Å². The molecule has 2 N–H and O–H groups in total. The van der Waals surface area contributed by atoms with Crippen molar-refractivity contribution in [2.45, 2.75) is 57.4 Å². The molecule has 1 fully saturated rings. The number of H-pyrrole nitrogens is 1. The second-order valence-electron chi connectivity index (χ2n) is 10.3. The minimum Gasteiger partial charge on any atom is -0.497 e. The largest absolute Gasteiger partial charge is 0.497 e. The lowest BCUT2D eigenvalue weighted by atomic mass is 9.89. The maximum atomic E-state index is 13.0. The van der Waals surface area contributed by atoms with Crippen LogP contribution in [0.5, 0.6) is 5.75 Å². The summed E-state index contributed by atoms with van der Waals surface area (Å²) in [5.74, 6) is 0.795. The Kier molecular flexibility index (Phi) is 8.02. The summed E-state index contributed by atoms with van der Waals surface area (Å²) in [6, 6.07) is 25.6. The van der Waals surface area contributed by atoms with E-state index in [1.807, 2.05) is 65.2 Å². The van der Waals surface area contributed by atoms with Gasteiger partial charge in [-0.25, -0.2) is 9.59 Å². The second-order valence-corrected chi connectivity index (χ2v) is 10.3. The van der Waals surface area contributed by atoms with Crippen molar-refractivity contribution in [2.75, 3.05) is 13.7 Å². The number of rotatable bonds is 9. The molecule has 8 nitrogen and oxygen atoms in total. The van der Waals surface area contributed by atoms with Gasteiger partial charge in [0, 0.05) is 31.7 Å². The quantitative estimate of drug-likeness (QED) is 0.299. The van der Waals surface area contributed by atoms with Gasteiger partial charge in [0.1, 0.15) is 5.75 Å². The number of carbonyl (C=O) groups is 1. The molecular formula is C31H36N4O4. The fraction of sp³-hybridized carbons (Fsp3) is 0.355. The second kappa shape index (κ2) is 11.8. The molecule has 1 saturated heterocycles. The highest BCUT2D eigenvalue weighted by Crippen LogP contribution is 2.34. The first kappa shape index (κ1) is 26.6. The van der Waals surface area contributed by atoms with Crippen LogP contribution in [0.4, 0.5) is 4.79 Å². The molecule has 5 rings (SSSR count). The van der Waals surface area contributed by atoms with Crippen molar-refractivity contribution < 1.29 is 14.6 Å². The molecule has 0 bridgehead atoms. The highest BCUT2D eigenvalue weighted by molar-refractivity contribution is 5.75. The summed E-state index contributed by atoms with van der Waals surface area (Å²) in [5, 5.41) is 10.2. The van der Waals surface area contributed by atoms with E-state index >= 15 is 0 Å². The van der Waals surface area contributed by atoms with E-state index in [4.69, 9.17) is 4.74 Å². The van der Waals surface area contributed by atoms with Gasteiger partial charge in [-0.2, -0.15) is 0 Å². The molecule has 2 heterocycles.